The summed E-state index contributed by atoms with van der Waals surface area (Å²) in [6.45, 7) is 3.77. The predicted octanol–water partition coefficient (Wildman–Crippen LogP) is 2.27. The van der Waals surface area contributed by atoms with Crippen molar-refractivity contribution in [2.75, 3.05) is 6.61 Å². The Bertz CT molecular complexity index is 610. The molecule has 0 aliphatic heterocycles. The molecule has 2 rings (SSSR count). The zero-order valence-corrected chi connectivity index (χ0v) is 12.7. The fourth-order valence-electron chi connectivity index (χ4n) is 1.77. The van der Waals surface area contributed by atoms with E-state index in [0.29, 0.717) is 10.6 Å². The van der Waals surface area contributed by atoms with Gasteiger partial charge < -0.3 is 10.4 Å². The fraction of sp³-hybridized carbons (Fsp3) is 0.333. The Morgan fingerprint density at radius 1 is 1.38 bits per heavy atom. The maximum atomic E-state index is 12.1. The Labute approximate surface area is 128 Å². The number of carbonyl (C=O) groups excluding carboxylic acids is 1. The first-order valence-corrected chi connectivity index (χ1v) is 7.11. The molecule has 2 atom stereocenters. The Morgan fingerprint density at radius 2 is 2.05 bits per heavy atom. The zero-order valence-electron chi connectivity index (χ0n) is 12.0. The molecule has 0 radical (unpaired) electrons. The number of hydrogen-bond donors (Lipinski definition) is 2. The summed E-state index contributed by atoms with van der Waals surface area (Å²) in [6.07, 6.45) is 3.18. The summed E-state index contributed by atoms with van der Waals surface area (Å²) in [5.74, 6) is -0.205. The van der Waals surface area contributed by atoms with Crippen LogP contribution in [0.1, 0.15) is 24.2 Å². The number of nitrogens with one attached hydrogen (secondary N) is 1. The van der Waals surface area contributed by atoms with Crippen molar-refractivity contribution in [1.29, 1.82) is 0 Å². The lowest BCUT2D eigenvalue weighted by atomic mass is 10.1. The number of nitrogens with zero attached hydrogens (tertiary/aromatic N) is 2. The van der Waals surface area contributed by atoms with Crippen LogP contribution in [0.15, 0.2) is 36.7 Å². The highest BCUT2D eigenvalue weighted by Crippen LogP contribution is 2.13. The molecule has 2 unspecified atom stereocenters. The molecule has 0 fully saturated rings. The first-order chi connectivity index (χ1) is 10.0. The molecule has 1 amide bonds. The van der Waals surface area contributed by atoms with Gasteiger partial charge in [0.05, 0.1) is 17.4 Å². The minimum Gasteiger partial charge on any atom is -0.396 e. The Morgan fingerprint density at radius 3 is 2.67 bits per heavy atom. The second kappa shape index (κ2) is 6.74. The number of aromatic nitrogens is 2. The van der Waals surface area contributed by atoms with E-state index >= 15 is 0 Å². The van der Waals surface area contributed by atoms with Gasteiger partial charge in [-0.25, -0.2) is 4.68 Å². The molecule has 0 aliphatic rings. The van der Waals surface area contributed by atoms with Gasteiger partial charge in [0.2, 0.25) is 0 Å². The average Bonchev–Trinajstić information content (AvgIpc) is 2.97. The van der Waals surface area contributed by atoms with Crippen molar-refractivity contribution in [3.8, 4) is 5.69 Å². The average molecular weight is 308 g/mol. The van der Waals surface area contributed by atoms with Crippen molar-refractivity contribution in [2.45, 2.75) is 19.9 Å². The van der Waals surface area contributed by atoms with Crippen LogP contribution >= 0.6 is 11.6 Å². The number of halogens is 1. The summed E-state index contributed by atoms with van der Waals surface area (Å²) in [7, 11) is 0. The van der Waals surface area contributed by atoms with Crippen molar-refractivity contribution in [3.05, 3.63) is 47.2 Å². The van der Waals surface area contributed by atoms with Crippen molar-refractivity contribution >= 4 is 17.5 Å². The highest BCUT2D eigenvalue weighted by Gasteiger charge is 2.16. The van der Waals surface area contributed by atoms with Crippen LogP contribution in [0.4, 0.5) is 0 Å². The van der Waals surface area contributed by atoms with E-state index in [9.17, 15) is 4.79 Å². The van der Waals surface area contributed by atoms with E-state index in [1.54, 1.807) is 23.0 Å². The van der Waals surface area contributed by atoms with Crippen molar-refractivity contribution in [2.24, 2.45) is 5.92 Å². The van der Waals surface area contributed by atoms with Crippen LogP contribution in [0.3, 0.4) is 0 Å². The lowest BCUT2D eigenvalue weighted by Crippen LogP contribution is -2.38. The summed E-state index contributed by atoms with van der Waals surface area (Å²) in [5, 5.41) is 16.8. The molecule has 1 aromatic heterocycles. The van der Waals surface area contributed by atoms with Crippen LogP contribution in [0.25, 0.3) is 5.69 Å². The number of carbonyl (C=O) groups is 1. The summed E-state index contributed by atoms with van der Waals surface area (Å²) in [5.41, 5.74) is 1.30. The third kappa shape index (κ3) is 3.83. The van der Waals surface area contributed by atoms with Gasteiger partial charge in [-0.2, -0.15) is 5.10 Å². The quantitative estimate of drug-likeness (QED) is 0.890. The lowest BCUT2D eigenvalue weighted by molar-refractivity contribution is 0.0916. The molecule has 0 aliphatic carbocycles. The van der Waals surface area contributed by atoms with E-state index in [1.165, 1.54) is 6.20 Å². The third-order valence-electron chi connectivity index (χ3n) is 3.44. The van der Waals surface area contributed by atoms with E-state index in [-0.39, 0.29) is 24.5 Å². The smallest absolute Gasteiger partial charge is 0.254 e. The molecule has 0 bridgehead atoms. The van der Waals surface area contributed by atoms with Gasteiger partial charge in [-0.15, -0.1) is 0 Å². The molecule has 5 nitrogen and oxygen atoms in total. The van der Waals surface area contributed by atoms with Crippen LogP contribution in [-0.2, 0) is 0 Å². The van der Waals surface area contributed by atoms with Gasteiger partial charge >= 0.3 is 0 Å². The molecule has 1 aromatic carbocycles. The molecule has 6 heteroatoms. The summed E-state index contributed by atoms with van der Waals surface area (Å²) in [6, 6.07) is 7.08. The monoisotopic (exact) mass is 307 g/mol. The second-order valence-electron chi connectivity index (χ2n) is 5.07. The van der Waals surface area contributed by atoms with Crippen molar-refractivity contribution in [3.63, 3.8) is 0 Å². The lowest BCUT2D eigenvalue weighted by Gasteiger charge is -2.18. The van der Waals surface area contributed by atoms with Crippen LogP contribution < -0.4 is 5.32 Å². The van der Waals surface area contributed by atoms with Gasteiger partial charge in [-0.05, 0) is 37.1 Å². The minimum atomic E-state index is -0.206. The molecular formula is C15H18ClN3O2. The Hall–Kier alpha value is -1.85. The van der Waals surface area contributed by atoms with Gasteiger partial charge in [0.15, 0.2) is 0 Å². The topological polar surface area (TPSA) is 67.2 Å². The third-order valence-corrected chi connectivity index (χ3v) is 3.69. The van der Waals surface area contributed by atoms with Crippen LogP contribution in [0, 0.1) is 5.92 Å². The number of hydrogen-bond acceptors (Lipinski definition) is 3. The SMILES string of the molecule is CC(CO)C(C)NC(=O)c1cnn(-c2ccc(Cl)cc2)c1. The number of benzene rings is 1. The molecular weight excluding hydrogens is 290 g/mol. The molecule has 112 valence electrons. The molecule has 2 aromatic rings. The highest BCUT2D eigenvalue weighted by atomic mass is 35.5. The van der Waals surface area contributed by atoms with Gasteiger partial charge in [0.1, 0.15) is 0 Å². The summed E-state index contributed by atoms with van der Waals surface area (Å²) in [4.78, 5) is 12.1. The van der Waals surface area contributed by atoms with Crippen LogP contribution in [0.2, 0.25) is 5.02 Å². The summed E-state index contributed by atoms with van der Waals surface area (Å²) >= 11 is 5.84. The number of aliphatic hydroxyl groups excluding tert-OH is 1. The molecule has 0 saturated carbocycles. The van der Waals surface area contributed by atoms with Crippen LogP contribution in [0.5, 0.6) is 0 Å². The molecule has 2 N–H and O–H groups in total. The van der Waals surface area contributed by atoms with E-state index in [2.05, 4.69) is 10.4 Å². The van der Waals surface area contributed by atoms with Gasteiger partial charge in [0, 0.05) is 23.9 Å². The van der Waals surface area contributed by atoms with E-state index in [4.69, 9.17) is 16.7 Å². The van der Waals surface area contributed by atoms with Gasteiger partial charge in [-0.1, -0.05) is 18.5 Å². The van der Waals surface area contributed by atoms with Crippen molar-refractivity contribution in [1.82, 2.24) is 15.1 Å². The highest BCUT2D eigenvalue weighted by molar-refractivity contribution is 6.30. The maximum Gasteiger partial charge on any atom is 0.254 e. The number of amides is 1. The molecule has 21 heavy (non-hydrogen) atoms. The maximum absolute atomic E-state index is 12.1. The second-order valence-corrected chi connectivity index (χ2v) is 5.51. The van der Waals surface area contributed by atoms with E-state index in [0.717, 1.165) is 5.69 Å². The van der Waals surface area contributed by atoms with Gasteiger partial charge in [0.25, 0.3) is 5.91 Å². The standard InChI is InChI=1S/C15H18ClN3O2/c1-10(9-20)11(2)18-15(21)12-7-17-19(8-12)14-5-3-13(16)4-6-14/h3-8,10-11,20H,9H2,1-2H3,(H,18,21). The fourth-order valence-corrected chi connectivity index (χ4v) is 1.89. The number of rotatable bonds is 5. The molecule has 0 saturated heterocycles. The minimum absolute atomic E-state index is 0.000241. The zero-order chi connectivity index (χ0) is 15.4. The predicted molar refractivity (Wildman–Crippen MR) is 81.8 cm³/mol. The van der Waals surface area contributed by atoms with E-state index < -0.39 is 0 Å². The van der Waals surface area contributed by atoms with Crippen LogP contribution in [-0.4, -0.2) is 33.4 Å². The Kier molecular flexibility index (Phi) is 4.98. The normalized spacial score (nSPS) is 13.7. The molecule has 0 spiro atoms. The summed E-state index contributed by atoms with van der Waals surface area (Å²) < 4.78 is 1.62. The number of aliphatic hydroxyl groups is 1. The van der Waals surface area contributed by atoms with Crippen molar-refractivity contribution < 1.29 is 9.90 Å². The van der Waals surface area contributed by atoms with Gasteiger partial charge in [-0.3, -0.25) is 4.79 Å². The first kappa shape index (κ1) is 15.5. The molecule has 1 heterocycles. The largest absolute Gasteiger partial charge is 0.396 e. The Balaban J connectivity index is 2.09. The first-order valence-electron chi connectivity index (χ1n) is 6.73. The van der Waals surface area contributed by atoms with E-state index in [1.807, 2.05) is 26.0 Å².